The molecule has 106 valence electrons. The molecular weight excluding hydrogens is 291 g/mol. The van der Waals surface area contributed by atoms with E-state index in [0.717, 1.165) is 6.07 Å². The van der Waals surface area contributed by atoms with Gasteiger partial charge in [-0.05, 0) is 6.07 Å². The molecule has 1 heterocycles. The Hall–Kier alpha value is -2.28. The summed E-state index contributed by atoms with van der Waals surface area (Å²) in [5.74, 6) is -2.54. The Morgan fingerprint density at radius 1 is 1.50 bits per heavy atom. The SMILES string of the molecule is COc1cc(F)c(Cl)c(-c2cc(C(=O)O)nn2C)c1O. The van der Waals surface area contributed by atoms with Crippen LogP contribution in [0, 0.1) is 5.82 Å². The molecule has 0 amide bonds. The maximum Gasteiger partial charge on any atom is 0.356 e. The Morgan fingerprint density at radius 2 is 2.15 bits per heavy atom. The molecule has 0 fully saturated rings. The molecule has 0 unspecified atom stereocenters. The van der Waals surface area contributed by atoms with E-state index < -0.39 is 11.8 Å². The van der Waals surface area contributed by atoms with Crippen LogP contribution in [0.5, 0.6) is 11.5 Å². The number of carboxylic acids is 1. The Kier molecular flexibility index (Phi) is 3.54. The lowest BCUT2D eigenvalue weighted by atomic mass is 10.1. The van der Waals surface area contributed by atoms with E-state index in [9.17, 15) is 14.3 Å². The van der Waals surface area contributed by atoms with Crippen LogP contribution < -0.4 is 4.74 Å². The van der Waals surface area contributed by atoms with Crippen molar-refractivity contribution in [2.24, 2.45) is 7.05 Å². The smallest absolute Gasteiger partial charge is 0.356 e. The number of phenolic OH excluding ortho intramolecular Hbond substituents is 1. The molecule has 0 atom stereocenters. The maximum absolute atomic E-state index is 13.7. The average molecular weight is 301 g/mol. The van der Waals surface area contributed by atoms with E-state index in [4.69, 9.17) is 21.4 Å². The molecule has 0 spiro atoms. The number of carbonyl (C=O) groups is 1. The molecule has 0 saturated heterocycles. The van der Waals surface area contributed by atoms with Crippen LogP contribution in [0.3, 0.4) is 0 Å². The number of hydrogen-bond acceptors (Lipinski definition) is 4. The number of carboxylic acid groups (broad SMARTS) is 1. The number of aromatic hydroxyl groups is 1. The highest BCUT2D eigenvalue weighted by Gasteiger charge is 2.23. The predicted molar refractivity (Wildman–Crippen MR) is 68.8 cm³/mol. The van der Waals surface area contributed by atoms with Crippen molar-refractivity contribution < 1.29 is 24.1 Å². The quantitative estimate of drug-likeness (QED) is 0.908. The Bertz CT molecular complexity index is 699. The van der Waals surface area contributed by atoms with Gasteiger partial charge in [0.05, 0.1) is 23.4 Å². The fourth-order valence-corrected chi connectivity index (χ4v) is 2.03. The third kappa shape index (κ3) is 2.16. The van der Waals surface area contributed by atoms with Crippen molar-refractivity contribution in [2.75, 3.05) is 7.11 Å². The Morgan fingerprint density at radius 3 is 2.65 bits per heavy atom. The van der Waals surface area contributed by atoms with Crippen LogP contribution in [0.2, 0.25) is 5.02 Å². The molecular formula is C12H10ClFN2O4. The zero-order valence-corrected chi connectivity index (χ0v) is 11.3. The van der Waals surface area contributed by atoms with Gasteiger partial charge < -0.3 is 14.9 Å². The summed E-state index contributed by atoms with van der Waals surface area (Å²) in [6.45, 7) is 0. The van der Waals surface area contributed by atoms with Crippen molar-refractivity contribution in [1.82, 2.24) is 9.78 Å². The van der Waals surface area contributed by atoms with Crippen LogP contribution in [-0.4, -0.2) is 33.1 Å². The first kappa shape index (κ1) is 14.1. The molecule has 0 bridgehead atoms. The second kappa shape index (κ2) is 5.01. The number of nitrogens with zero attached hydrogens (tertiary/aromatic N) is 2. The number of halogens is 2. The van der Waals surface area contributed by atoms with Crippen LogP contribution in [0.4, 0.5) is 4.39 Å². The molecule has 0 saturated carbocycles. The second-order valence-electron chi connectivity index (χ2n) is 3.94. The molecule has 6 nitrogen and oxygen atoms in total. The highest BCUT2D eigenvalue weighted by atomic mass is 35.5. The lowest BCUT2D eigenvalue weighted by Gasteiger charge is -2.11. The summed E-state index contributed by atoms with van der Waals surface area (Å²) in [6.07, 6.45) is 0. The van der Waals surface area contributed by atoms with Crippen molar-refractivity contribution >= 4 is 17.6 Å². The van der Waals surface area contributed by atoms with Crippen molar-refractivity contribution in [3.05, 3.63) is 28.7 Å². The minimum absolute atomic E-state index is 0.0778. The number of phenols is 1. The molecule has 2 N–H and O–H groups in total. The molecule has 2 aromatic rings. The predicted octanol–water partition coefficient (Wildman–Crippen LogP) is 2.29. The van der Waals surface area contributed by atoms with E-state index >= 15 is 0 Å². The van der Waals surface area contributed by atoms with Crippen LogP contribution in [0.1, 0.15) is 10.5 Å². The topological polar surface area (TPSA) is 84.6 Å². The van der Waals surface area contributed by atoms with Gasteiger partial charge in [-0.1, -0.05) is 11.6 Å². The van der Waals surface area contributed by atoms with Crippen molar-refractivity contribution in [3.8, 4) is 22.8 Å². The lowest BCUT2D eigenvalue weighted by molar-refractivity contribution is 0.0689. The van der Waals surface area contributed by atoms with Crippen LogP contribution in [-0.2, 0) is 7.05 Å². The van der Waals surface area contributed by atoms with E-state index in [1.165, 1.54) is 24.9 Å². The molecule has 0 aliphatic carbocycles. The molecule has 1 aromatic carbocycles. The van der Waals surface area contributed by atoms with Gasteiger partial charge in [0.25, 0.3) is 0 Å². The highest BCUT2D eigenvalue weighted by molar-refractivity contribution is 6.34. The standard InChI is InChI=1S/C12H10ClFN2O4/c1-16-7(4-6(15-16)12(18)19)9-10(13)5(14)3-8(20-2)11(9)17/h3-4,17H,1-2H3,(H,18,19). The number of aryl methyl sites for hydroxylation is 1. The fraction of sp³-hybridized carbons (Fsp3) is 0.167. The second-order valence-corrected chi connectivity index (χ2v) is 4.32. The number of hydrogen-bond donors (Lipinski definition) is 2. The van der Waals surface area contributed by atoms with Gasteiger partial charge in [0.15, 0.2) is 17.2 Å². The van der Waals surface area contributed by atoms with Gasteiger partial charge in [-0.3, -0.25) is 4.68 Å². The van der Waals surface area contributed by atoms with Crippen molar-refractivity contribution in [3.63, 3.8) is 0 Å². The number of methoxy groups -OCH3 is 1. The highest BCUT2D eigenvalue weighted by Crippen LogP contribution is 2.43. The number of aromatic carboxylic acids is 1. The normalized spacial score (nSPS) is 10.6. The summed E-state index contributed by atoms with van der Waals surface area (Å²) in [5.41, 5.74) is -0.171. The largest absolute Gasteiger partial charge is 0.504 e. The molecule has 0 radical (unpaired) electrons. The van der Waals surface area contributed by atoms with E-state index in [1.54, 1.807) is 0 Å². The van der Waals surface area contributed by atoms with Gasteiger partial charge in [-0.2, -0.15) is 5.10 Å². The van der Waals surface area contributed by atoms with E-state index in [-0.39, 0.29) is 33.5 Å². The first-order chi connectivity index (χ1) is 9.36. The number of ether oxygens (including phenoxy) is 1. The Balaban J connectivity index is 2.75. The van der Waals surface area contributed by atoms with Gasteiger partial charge in [0.2, 0.25) is 0 Å². The molecule has 0 aliphatic rings. The van der Waals surface area contributed by atoms with Gasteiger partial charge >= 0.3 is 5.97 Å². The Labute approximate surface area is 118 Å². The van der Waals surface area contributed by atoms with Crippen LogP contribution in [0.25, 0.3) is 11.3 Å². The van der Waals surface area contributed by atoms with Gasteiger partial charge in [-0.25, -0.2) is 9.18 Å². The molecule has 0 aliphatic heterocycles. The van der Waals surface area contributed by atoms with Crippen LogP contribution in [0.15, 0.2) is 12.1 Å². The summed E-state index contributed by atoms with van der Waals surface area (Å²) < 4.78 is 19.7. The number of benzene rings is 1. The number of rotatable bonds is 3. The third-order valence-corrected chi connectivity index (χ3v) is 3.10. The third-order valence-electron chi connectivity index (χ3n) is 2.73. The minimum atomic E-state index is -1.24. The minimum Gasteiger partial charge on any atom is -0.504 e. The zero-order chi connectivity index (χ0) is 15.0. The van der Waals surface area contributed by atoms with Gasteiger partial charge in [0.1, 0.15) is 5.82 Å². The first-order valence-corrected chi connectivity index (χ1v) is 5.77. The summed E-state index contributed by atoms with van der Waals surface area (Å²) >= 11 is 5.84. The van der Waals surface area contributed by atoms with E-state index in [0.29, 0.717) is 0 Å². The lowest BCUT2D eigenvalue weighted by Crippen LogP contribution is -2.00. The van der Waals surface area contributed by atoms with Crippen molar-refractivity contribution in [2.45, 2.75) is 0 Å². The summed E-state index contributed by atoms with van der Waals surface area (Å²) in [5, 5.41) is 22.3. The van der Waals surface area contributed by atoms with Gasteiger partial charge in [-0.15, -0.1) is 0 Å². The molecule has 8 heteroatoms. The first-order valence-electron chi connectivity index (χ1n) is 5.39. The van der Waals surface area contributed by atoms with E-state index in [2.05, 4.69) is 5.10 Å². The van der Waals surface area contributed by atoms with Gasteiger partial charge in [0, 0.05) is 13.1 Å². The van der Waals surface area contributed by atoms with Crippen LogP contribution >= 0.6 is 11.6 Å². The van der Waals surface area contributed by atoms with Crippen molar-refractivity contribution in [1.29, 1.82) is 0 Å². The van der Waals surface area contributed by atoms with E-state index in [1.807, 2.05) is 0 Å². The molecule has 1 aromatic heterocycles. The summed E-state index contributed by atoms with van der Waals surface area (Å²) in [7, 11) is 2.72. The summed E-state index contributed by atoms with van der Waals surface area (Å²) in [4.78, 5) is 10.9. The maximum atomic E-state index is 13.7. The molecule has 2 rings (SSSR count). The average Bonchev–Trinajstić information content (AvgIpc) is 2.77. The molecule has 20 heavy (non-hydrogen) atoms. The summed E-state index contributed by atoms with van der Waals surface area (Å²) in [6, 6.07) is 2.12. The zero-order valence-electron chi connectivity index (χ0n) is 10.5. The number of aromatic nitrogens is 2. The fourth-order valence-electron chi connectivity index (χ4n) is 1.79. The monoisotopic (exact) mass is 300 g/mol.